The second kappa shape index (κ2) is 5.17. The summed E-state index contributed by atoms with van der Waals surface area (Å²) in [6, 6.07) is 6.71. The minimum Gasteiger partial charge on any atom is -0.478 e. The van der Waals surface area contributed by atoms with Crippen molar-refractivity contribution in [3.05, 3.63) is 48.3 Å². The molecule has 8 heteroatoms. The van der Waals surface area contributed by atoms with Gasteiger partial charge in [0.05, 0.1) is 11.3 Å². The summed E-state index contributed by atoms with van der Waals surface area (Å²) in [6.45, 7) is 0. The van der Waals surface area contributed by atoms with Crippen molar-refractivity contribution in [2.45, 2.75) is 4.90 Å². The van der Waals surface area contributed by atoms with Crippen LogP contribution in [0.15, 0.2) is 47.6 Å². The highest BCUT2D eigenvalue weighted by Gasteiger charge is 2.18. The number of nitrogens with two attached hydrogens (primary N) is 1. The highest BCUT2D eigenvalue weighted by atomic mass is 32.2. The van der Waals surface area contributed by atoms with E-state index in [-0.39, 0.29) is 21.8 Å². The van der Waals surface area contributed by atoms with Gasteiger partial charge in [-0.15, -0.1) is 0 Å². The molecule has 2 aromatic rings. The maximum atomic E-state index is 12.1. The van der Waals surface area contributed by atoms with Crippen molar-refractivity contribution in [1.29, 1.82) is 0 Å². The van der Waals surface area contributed by atoms with E-state index in [0.717, 1.165) is 0 Å². The van der Waals surface area contributed by atoms with Crippen LogP contribution in [0.5, 0.6) is 0 Å². The Bertz CT molecular complexity index is 745. The minimum atomic E-state index is -3.90. The first-order valence-electron chi connectivity index (χ1n) is 5.46. The zero-order chi connectivity index (χ0) is 14.8. The number of anilines is 2. The number of nitrogen functional groups attached to an aromatic ring is 1. The van der Waals surface area contributed by atoms with Crippen molar-refractivity contribution in [1.82, 2.24) is 4.98 Å². The molecule has 0 saturated carbocycles. The van der Waals surface area contributed by atoms with Crippen LogP contribution in [0.4, 0.5) is 11.4 Å². The van der Waals surface area contributed by atoms with Gasteiger partial charge in [0.15, 0.2) is 0 Å². The molecule has 0 unspecified atom stereocenters. The summed E-state index contributed by atoms with van der Waals surface area (Å²) in [6.07, 6.45) is 2.60. The summed E-state index contributed by atoms with van der Waals surface area (Å²) in [4.78, 5) is 14.7. The van der Waals surface area contributed by atoms with E-state index >= 15 is 0 Å². The molecule has 0 saturated heterocycles. The van der Waals surface area contributed by atoms with E-state index in [1.54, 1.807) is 0 Å². The van der Waals surface area contributed by atoms with Crippen LogP contribution in [0.3, 0.4) is 0 Å². The number of pyridine rings is 1. The summed E-state index contributed by atoms with van der Waals surface area (Å²) < 4.78 is 26.4. The van der Waals surface area contributed by atoms with E-state index in [1.807, 2.05) is 0 Å². The Morgan fingerprint density at radius 3 is 2.65 bits per heavy atom. The lowest BCUT2D eigenvalue weighted by atomic mass is 10.1. The molecule has 1 aromatic heterocycles. The lowest BCUT2D eigenvalue weighted by Gasteiger charge is -2.10. The molecule has 1 aromatic carbocycles. The molecule has 104 valence electrons. The Morgan fingerprint density at radius 2 is 2.05 bits per heavy atom. The number of nitrogens with zero attached hydrogens (tertiary/aromatic N) is 1. The maximum absolute atomic E-state index is 12.1. The van der Waals surface area contributed by atoms with Crippen LogP contribution in [0.25, 0.3) is 0 Å². The monoisotopic (exact) mass is 293 g/mol. The Hall–Kier alpha value is -2.61. The topological polar surface area (TPSA) is 122 Å². The fourth-order valence-corrected chi connectivity index (χ4v) is 2.58. The molecule has 7 nitrogen and oxygen atoms in total. The summed E-state index contributed by atoms with van der Waals surface area (Å²) in [5.74, 6) is -1.28. The fraction of sp³-hybridized carbons (Fsp3) is 0. The third kappa shape index (κ3) is 2.86. The molecular weight excluding hydrogens is 282 g/mol. The summed E-state index contributed by atoms with van der Waals surface area (Å²) in [5.41, 5.74) is 5.43. The number of aromatic nitrogens is 1. The zero-order valence-corrected chi connectivity index (χ0v) is 11.0. The normalized spacial score (nSPS) is 11.0. The number of carboxylic acids is 1. The first-order chi connectivity index (χ1) is 9.40. The highest BCUT2D eigenvalue weighted by molar-refractivity contribution is 7.92. The van der Waals surface area contributed by atoms with E-state index in [0.29, 0.717) is 0 Å². The number of nitrogens with one attached hydrogen (secondary N) is 1. The molecule has 0 aliphatic carbocycles. The van der Waals surface area contributed by atoms with E-state index < -0.39 is 16.0 Å². The number of hydrogen-bond acceptors (Lipinski definition) is 5. The summed E-state index contributed by atoms with van der Waals surface area (Å²) >= 11 is 0. The second-order valence-corrected chi connectivity index (χ2v) is 5.59. The van der Waals surface area contributed by atoms with Gasteiger partial charge in [-0.2, -0.15) is 0 Å². The first-order valence-corrected chi connectivity index (χ1v) is 6.94. The third-order valence-corrected chi connectivity index (χ3v) is 3.81. The van der Waals surface area contributed by atoms with Gasteiger partial charge in [-0.3, -0.25) is 9.71 Å². The molecule has 20 heavy (non-hydrogen) atoms. The molecule has 0 radical (unpaired) electrons. The standard InChI is InChI=1S/C12H11N3O4S/c13-8-3-4-11(10(6-8)12(16)17)15-20(18,19)9-2-1-5-14-7-9/h1-7,15H,13H2,(H,16,17). The van der Waals surface area contributed by atoms with Crippen LogP contribution < -0.4 is 10.5 Å². The molecule has 1 heterocycles. The van der Waals surface area contributed by atoms with E-state index in [2.05, 4.69) is 9.71 Å². The predicted octanol–water partition coefficient (Wildman–Crippen LogP) is 1.16. The smallest absolute Gasteiger partial charge is 0.337 e. The minimum absolute atomic E-state index is 0.0597. The van der Waals surface area contributed by atoms with Crippen LogP contribution in [0.2, 0.25) is 0 Å². The average Bonchev–Trinajstić information content (AvgIpc) is 2.41. The molecule has 0 spiro atoms. The molecule has 2 rings (SSSR count). The number of hydrogen-bond donors (Lipinski definition) is 3. The van der Waals surface area contributed by atoms with Crippen LogP contribution in [-0.2, 0) is 10.0 Å². The van der Waals surface area contributed by atoms with Crippen molar-refractivity contribution < 1.29 is 18.3 Å². The molecule has 4 N–H and O–H groups in total. The summed E-state index contributed by atoms with van der Waals surface area (Å²) in [7, 11) is -3.90. The predicted molar refractivity (Wildman–Crippen MR) is 72.9 cm³/mol. The zero-order valence-electron chi connectivity index (χ0n) is 10.1. The molecule has 0 fully saturated rings. The number of carboxylic acid groups (broad SMARTS) is 1. The van der Waals surface area contributed by atoms with Crippen LogP contribution in [-0.4, -0.2) is 24.5 Å². The van der Waals surface area contributed by atoms with Gasteiger partial charge in [-0.1, -0.05) is 0 Å². The number of aromatic carboxylic acids is 1. The Kier molecular flexibility index (Phi) is 3.57. The Labute approximate surface area is 115 Å². The van der Waals surface area contributed by atoms with Crippen LogP contribution in [0.1, 0.15) is 10.4 Å². The van der Waals surface area contributed by atoms with Crippen molar-refractivity contribution in [2.24, 2.45) is 0 Å². The maximum Gasteiger partial charge on any atom is 0.337 e. The molecule has 0 atom stereocenters. The lowest BCUT2D eigenvalue weighted by Crippen LogP contribution is -2.16. The van der Waals surface area contributed by atoms with Gasteiger partial charge in [-0.25, -0.2) is 13.2 Å². The van der Waals surface area contributed by atoms with E-state index in [1.165, 1.54) is 42.7 Å². The molecule has 0 aliphatic rings. The van der Waals surface area contributed by atoms with Gasteiger partial charge in [0, 0.05) is 18.1 Å². The highest BCUT2D eigenvalue weighted by Crippen LogP contribution is 2.22. The van der Waals surface area contributed by atoms with Gasteiger partial charge >= 0.3 is 5.97 Å². The van der Waals surface area contributed by atoms with Crippen molar-refractivity contribution in [3.8, 4) is 0 Å². The molecule has 0 bridgehead atoms. The lowest BCUT2D eigenvalue weighted by molar-refractivity contribution is 0.0698. The number of rotatable bonds is 4. The van der Waals surface area contributed by atoms with Gasteiger partial charge in [0.1, 0.15) is 4.90 Å². The summed E-state index contributed by atoms with van der Waals surface area (Å²) in [5, 5.41) is 9.05. The SMILES string of the molecule is Nc1ccc(NS(=O)(=O)c2cccnc2)c(C(=O)O)c1. The van der Waals surface area contributed by atoms with Gasteiger partial charge in [-0.05, 0) is 30.3 Å². The quantitative estimate of drug-likeness (QED) is 0.727. The second-order valence-electron chi connectivity index (χ2n) is 3.90. The van der Waals surface area contributed by atoms with Gasteiger partial charge < -0.3 is 10.8 Å². The van der Waals surface area contributed by atoms with Crippen LogP contribution in [0, 0.1) is 0 Å². The average molecular weight is 293 g/mol. The number of sulfonamides is 1. The molecular formula is C12H11N3O4S. The van der Waals surface area contributed by atoms with Crippen molar-refractivity contribution in [3.63, 3.8) is 0 Å². The largest absolute Gasteiger partial charge is 0.478 e. The number of carbonyl (C=O) groups is 1. The number of benzene rings is 1. The Balaban J connectivity index is 2.43. The van der Waals surface area contributed by atoms with E-state index in [9.17, 15) is 13.2 Å². The van der Waals surface area contributed by atoms with Gasteiger partial charge in [0.2, 0.25) is 0 Å². The van der Waals surface area contributed by atoms with Crippen molar-refractivity contribution >= 4 is 27.4 Å². The molecule has 0 amide bonds. The Morgan fingerprint density at radius 1 is 1.30 bits per heavy atom. The third-order valence-electron chi connectivity index (χ3n) is 2.46. The first kappa shape index (κ1) is 13.8. The molecule has 0 aliphatic heterocycles. The fourth-order valence-electron chi connectivity index (χ4n) is 1.54. The van der Waals surface area contributed by atoms with E-state index in [4.69, 9.17) is 10.8 Å². The van der Waals surface area contributed by atoms with Gasteiger partial charge in [0.25, 0.3) is 10.0 Å². The van der Waals surface area contributed by atoms with Crippen molar-refractivity contribution in [2.75, 3.05) is 10.5 Å². The van der Waals surface area contributed by atoms with Crippen LogP contribution >= 0.6 is 0 Å².